The number of aliphatic hydroxyl groups is 1. The Morgan fingerprint density at radius 1 is 0.893 bits per heavy atom. The number of nitrogens with zero attached hydrogens (tertiary/aromatic N) is 1. The van der Waals surface area contributed by atoms with Crippen LogP contribution in [0.25, 0.3) is 10.9 Å². The van der Waals surface area contributed by atoms with Crippen LogP contribution in [0.5, 0.6) is 11.6 Å². The monoisotopic (exact) mass is 367 g/mol. The Labute approximate surface area is 164 Å². The molecule has 1 heterocycles. The molecule has 1 aliphatic carbocycles. The van der Waals surface area contributed by atoms with Crippen LogP contribution in [-0.4, -0.2) is 10.1 Å². The number of fused-ring (bicyclic) bond motifs is 2. The molecule has 0 bridgehead atoms. The average Bonchev–Trinajstić information content (AvgIpc) is 3.04. The minimum absolute atomic E-state index is 0.200. The van der Waals surface area contributed by atoms with E-state index in [2.05, 4.69) is 23.2 Å². The van der Waals surface area contributed by atoms with Gasteiger partial charge in [0.25, 0.3) is 0 Å². The van der Waals surface area contributed by atoms with Crippen LogP contribution >= 0.6 is 0 Å². The van der Waals surface area contributed by atoms with Crippen molar-refractivity contribution in [3.63, 3.8) is 0 Å². The summed E-state index contributed by atoms with van der Waals surface area (Å²) < 4.78 is 5.99. The highest BCUT2D eigenvalue weighted by molar-refractivity contribution is 5.78. The average molecular weight is 367 g/mol. The van der Waals surface area contributed by atoms with Crippen LogP contribution in [0.4, 0.5) is 0 Å². The van der Waals surface area contributed by atoms with Crippen molar-refractivity contribution in [1.29, 1.82) is 0 Å². The molecule has 0 saturated carbocycles. The zero-order chi connectivity index (χ0) is 18.9. The lowest BCUT2D eigenvalue weighted by molar-refractivity contribution is 0.123. The van der Waals surface area contributed by atoms with E-state index in [4.69, 9.17) is 4.74 Å². The molecule has 0 aliphatic heterocycles. The first-order valence-corrected chi connectivity index (χ1v) is 9.65. The second-order valence-electron chi connectivity index (χ2n) is 7.40. The van der Waals surface area contributed by atoms with Gasteiger partial charge in [0.15, 0.2) is 0 Å². The molecular weight excluding hydrogens is 346 g/mol. The molecule has 5 rings (SSSR count). The summed E-state index contributed by atoms with van der Waals surface area (Å²) in [5.41, 5.74) is 4.34. The highest BCUT2D eigenvalue weighted by Crippen LogP contribution is 2.40. The number of ether oxygens (including phenoxy) is 1. The van der Waals surface area contributed by atoms with E-state index in [0.29, 0.717) is 11.6 Å². The van der Waals surface area contributed by atoms with Gasteiger partial charge in [0.2, 0.25) is 5.88 Å². The second-order valence-corrected chi connectivity index (χ2v) is 7.40. The Morgan fingerprint density at radius 2 is 1.71 bits per heavy atom. The summed E-state index contributed by atoms with van der Waals surface area (Å²) in [5.74, 6) is 1.47. The quantitative estimate of drug-likeness (QED) is 0.520. The molecule has 0 radical (unpaired) electrons. The molecule has 0 amide bonds. The summed E-state index contributed by atoms with van der Waals surface area (Å²) in [5, 5.41) is 11.9. The smallest absolute Gasteiger partial charge is 0.219 e. The molecule has 1 aromatic heterocycles. The van der Waals surface area contributed by atoms with Crippen molar-refractivity contribution >= 4 is 10.9 Å². The van der Waals surface area contributed by atoms with E-state index in [9.17, 15) is 5.11 Å². The number of aromatic nitrogens is 1. The number of hydrogen-bond acceptors (Lipinski definition) is 3. The van der Waals surface area contributed by atoms with Gasteiger partial charge in [-0.05, 0) is 59.7 Å². The van der Waals surface area contributed by atoms with Crippen LogP contribution in [0, 0.1) is 5.92 Å². The van der Waals surface area contributed by atoms with Crippen LogP contribution in [0.3, 0.4) is 0 Å². The summed E-state index contributed by atoms with van der Waals surface area (Å²) in [6, 6.07) is 28.2. The molecule has 3 heteroatoms. The number of para-hydroxylation sites is 1. The number of aliphatic hydroxyl groups excluding tert-OH is 1. The first-order valence-electron chi connectivity index (χ1n) is 9.65. The van der Waals surface area contributed by atoms with E-state index in [1.165, 1.54) is 11.1 Å². The third kappa shape index (κ3) is 3.25. The predicted molar refractivity (Wildman–Crippen MR) is 111 cm³/mol. The summed E-state index contributed by atoms with van der Waals surface area (Å²) >= 11 is 0. The van der Waals surface area contributed by atoms with E-state index in [0.717, 1.165) is 29.3 Å². The van der Waals surface area contributed by atoms with Crippen molar-refractivity contribution in [1.82, 2.24) is 4.98 Å². The molecule has 3 nitrogen and oxygen atoms in total. The van der Waals surface area contributed by atoms with Gasteiger partial charge in [-0.2, -0.15) is 0 Å². The van der Waals surface area contributed by atoms with Crippen molar-refractivity contribution in [3.05, 3.63) is 102 Å². The van der Waals surface area contributed by atoms with Crippen molar-refractivity contribution in [2.75, 3.05) is 0 Å². The molecule has 0 saturated heterocycles. The molecule has 28 heavy (non-hydrogen) atoms. The van der Waals surface area contributed by atoms with Gasteiger partial charge in [0.1, 0.15) is 5.75 Å². The fraction of sp³-hybridized carbons (Fsp3) is 0.160. The topological polar surface area (TPSA) is 42.4 Å². The van der Waals surface area contributed by atoms with Gasteiger partial charge in [0, 0.05) is 11.5 Å². The maximum Gasteiger partial charge on any atom is 0.219 e. The number of benzene rings is 3. The van der Waals surface area contributed by atoms with E-state index >= 15 is 0 Å². The zero-order valence-electron chi connectivity index (χ0n) is 15.5. The fourth-order valence-electron chi connectivity index (χ4n) is 4.07. The molecule has 4 aromatic rings. The predicted octanol–water partition coefficient (Wildman–Crippen LogP) is 5.48. The molecule has 2 atom stereocenters. The van der Waals surface area contributed by atoms with Gasteiger partial charge in [0.05, 0.1) is 11.6 Å². The van der Waals surface area contributed by atoms with E-state index in [-0.39, 0.29) is 5.92 Å². The van der Waals surface area contributed by atoms with Crippen LogP contribution in [0.15, 0.2) is 84.9 Å². The lowest BCUT2D eigenvalue weighted by Gasteiger charge is -2.15. The highest BCUT2D eigenvalue weighted by Gasteiger charge is 2.31. The van der Waals surface area contributed by atoms with Gasteiger partial charge < -0.3 is 9.84 Å². The lowest BCUT2D eigenvalue weighted by atomic mass is 9.95. The number of pyridine rings is 1. The van der Waals surface area contributed by atoms with Crippen molar-refractivity contribution in [2.45, 2.75) is 18.9 Å². The first kappa shape index (κ1) is 17.0. The van der Waals surface area contributed by atoms with E-state index < -0.39 is 6.10 Å². The molecule has 1 N–H and O–H groups in total. The summed E-state index contributed by atoms with van der Waals surface area (Å²) in [6.45, 7) is 0. The van der Waals surface area contributed by atoms with Crippen LogP contribution < -0.4 is 4.74 Å². The van der Waals surface area contributed by atoms with Crippen molar-refractivity contribution < 1.29 is 9.84 Å². The Balaban J connectivity index is 1.36. The molecule has 0 fully saturated rings. The molecule has 3 aromatic carbocycles. The van der Waals surface area contributed by atoms with Gasteiger partial charge >= 0.3 is 0 Å². The lowest BCUT2D eigenvalue weighted by Crippen LogP contribution is -2.10. The first-order chi connectivity index (χ1) is 13.8. The molecule has 0 spiro atoms. The molecule has 0 unspecified atom stereocenters. The minimum atomic E-state index is -0.469. The zero-order valence-corrected chi connectivity index (χ0v) is 15.5. The Hall–Kier alpha value is -3.17. The van der Waals surface area contributed by atoms with Gasteiger partial charge in [-0.1, -0.05) is 54.6 Å². The fourth-order valence-corrected chi connectivity index (χ4v) is 4.07. The van der Waals surface area contributed by atoms with Crippen molar-refractivity contribution in [2.24, 2.45) is 5.92 Å². The second kappa shape index (κ2) is 7.10. The SMILES string of the molecule is O[C@@H]1c2cc(Oc3ccc4ccccc4n3)ccc2C[C@@H]1Cc1ccccc1. The van der Waals surface area contributed by atoms with Crippen LogP contribution in [0.2, 0.25) is 0 Å². The largest absolute Gasteiger partial charge is 0.439 e. The van der Waals surface area contributed by atoms with Gasteiger partial charge in [-0.15, -0.1) is 0 Å². The van der Waals surface area contributed by atoms with Gasteiger partial charge in [-0.25, -0.2) is 4.98 Å². The highest BCUT2D eigenvalue weighted by atomic mass is 16.5. The van der Waals surface area contributed by atoms with Crippen molar-refractivity contribution in [3.8, 4) is 11.6 Å². The van der Waals surface area contributed by atoms with Crippen LogP contribution in [-0.2, 0) is 12.8 Å². The van der Waals surface area contributed by atoms with Crippen LogP contribution in [0.1, 0.15) is 22.8 Å². The number of rotatable bonds is 4. The Morgan fingerprint density at radius 3 is 2.61 bits per heavy atom. The Bertz CT molecular complexity index is 1120. The third-order valence-electron chi connectivity index (χ3n) is 5.50. The normalized spacial score (nSPS) is 18.2. The maximum absolute atomic E-state index is 10.9. The number of hydrogen-bond donors (Lipinski definition) is 1. The van der Waals surface area contributed by atoms with E-state index in [1.807, 2.05) is 66.7 Å². The Kier molecular flexibility index (Phi) is 4.30. The molecular formula is C25H21NO2. The third-order valence-corrected chi connectivity index (χ3v) is 5.50. The maximum atomic E-state index is 10.9. The summed E-state index contributed by atoms with van der Waals surface area (Å²) in [7, 11) is 0. The standard InChI is InChI=1S/C25H21NO2/c27-25-20(14-17-6-2-1-3-7-17)15-19-10-12-21(16-22(19)25)28-24-13-11-18-8-4-5-9-23(18)26-24/h1-13,16,20,25,27H,14-15H2/t20-,25-/m0/s1. The summed E-state index contributed by atoms with van der Waals surface area (Å²) in [6.07, 6.45) is 1.29. The molecule has 138 valence electrons. The minimum Gasteiger partial charge on any atom is -0.439 e. The van der Waals surface area contributed by atoms with Gasteiger partial charge in [-0.3, -0.25) is 0 Å². The molecule has 1 aliphatic rings. The summed E-state index contributed by atoms with van der Waals surface area (Å²) in [4.78, 5) is 4.57. The van der Waals surface area contributed by atoms with E-state index in [1.54, 1.807) is 0 Å².